The Kier molecular flexibility index (Phi) is 2.82. The molecule has 0 aliphatic carbocycles. The molecule has 19 heavy (non-hydrogen) atoms. The standard InChI is InChI=1S/C15H14N2OS/c1-15(19-2)12-9-6-10-16-13(12)17(14(15)18)11-7-4-3-5-8-11/h3-10H,1-2H3/t15-/m1/s1. The van der Waals surface area contributed by atoms with Crippen LogP contribution in [0.4, 0.5) is 11.5 Å². The predicted molar refractivity (Wildman–Crippen MR) is 78.7 cm³/mol. The van der Waals surface area contributed by atoms with Crippen LogP contribution in [0, 0.1) is 0 Å². The van der Waals surface area contributed by atoms with Crippen molar-refractivity contribution in [2.45, 2.75) is 11.7 Å². The van der Waals surface area contributed by atoms with Crippen LogP contribution in [0.1, 0.15) is 12.5 Å². The second kappa shape index (κ2) is 4.38. The third-order valence-electron chi connectivity index (χ3n) is 3.55. The molecular formula is C15H14N2OS. The zero-order chi connectivity index (χ0) is 13.5. The Labute approximate surface area is 116 Å². The highest BCUT2D eigenvalue weighted by atomic mass is 32.2. The van der Waals surface area contributed by atoms with Crippen LogP contribution in [0.5, 0.6) is 0 Å². The van der Waals surface area contributed by atoms with Gasteiger partial charge in [-0.15, -0.1) is 11.8 Å². The Morgan fingerprint density at radius 2 is 1.89 bits per heavy atom. The molecule has 0 saturated heterocycles. The number of rotatable bonds is 2. The Bertz CT molecular complexity index is 629. The summed E-state index contributed by atoms with van der Waals surface area (Å²) < 4.78 is -0.556. The fourth-order valence-electron chi connectivity index (χ4n) is 2.39. The van der Waals surface area contributed by atoms with E-state index >= 15 is 0 Å². The van der Waals surface area contributed by atoms with Gasteiger partial charge in [-0.2, -0.15) is 0 Å². The maximum absolute atomic E-state index is 12.8. The summed E-state index contributed by atoms with van der Waals surface area (Å²) in [5.41, 5.74) is 1.85. The number of carbonyl (C=O) groups is 1. The van der Waals surface area contributed by atoms with Crippen molar-refractivity contribution < 1.29 is 4.79 Å². The van der Waals surface area contributed by atoms with Crippen molar-refractivity contribution in [3.63, 3.8) is 0 Å². The Morgan fingerprint density at radius 3 is 2.58 bits per heavy atom. The second-order valence-corrected chi connectivity index (χ2v) is 5.81. The molecule has 1 atom stereocenters. The minimum absolute atomic E-state index is 0.0694. The van der Waals surface area contributed by atoms with Gasteiger partial charge in [-0.3, -0.25) is 9.69 Å². The first-order valence-corrected chi connectivity index (χ1v) is 7.31. The number of fused-ring (bicyclic) bond motifs is 1. The van der Waals surface area contributed by atoms with E-state index in [4.69, 9.17) is 0 Å². The average molecular weight is 270 g/mol. The molecule has 3 nitrogen and oxygen atoms in total. The molecule has 1 amide bonds. The van der Waals surface area contributed by atoms with Gasteiger partial charge in [-0.25, -0.2) is 4.98 Å². The number of carbonyl (C=O) groups excluding carboxylic acids is 1. The molecule has 96 valence electrons. The van der Waals surface area contributed by atoms with Gasteiger partial charge in [0.2, 0.25) is 0 Å². The van der Waals surface area contributed by atoms with Gasteiger partial charge >= 0.3 is 0 Å². The van der Waals surface area contributed by atoms with Gasteiger partial charge in [0, 0.05) is 11.8 Å². The monoisotopic (exact) mass is 270 g/mol. The van der Waals surface area contributed by atoms with Gasteiger partial charge in [0.25, 0.3) is 5.91 Å². The highest BCUT2D eigenvalue weighted by Crippen LogP contribution is 2.49. The number of thioether (sulfide) groups is 1. The van der Waals surface area contributed by atoms with E-state index in [0.717, 1.165) is 17.1 Å². The van der Waals surface area contributed by atoms with Gasteiger partial charge in [0.1, 0.15) is 10.6 Å². The molecule has 2 aromatic rings. The summed E-state index contributed by atoms with van der Waals surface area (Å²) in [7, 11) is 0. The molecule has 0 spiro atoms. The molecule has 4 heteroatoms. The Balaban J connectivity index is 2.21. The normalized spacial score (nSPS) is 21.6. The lowest BCUT2D eigenvalue weighted by atomic mass is 10.0. The number of benzene rings is 1. The molecule has 1 aliphatic heterocycles. The molecule has 0 N–H and O–H groups in total. The number of hydrogen-bond acceptors (Lipinski definition) is 3. The van der Waals surface area contributed by atoms with Gasteiger partial charge in [0.15, 0.2) is 0 Å². The third kappa shape index (κ3) is 1.67. The molecule has 0 radical (unpaired) electrons. The van der Waals surface area contributed by atoms with Crippen molar-refractivity contribution >= 4 is 29.2 Å². The molecule has 1 aliphatic rings. The smallest absolute Gasteiger partial charge is 0.253 e. The van der Waals surface area contributed by atoms with Crippen LogP contribution in [0.15, 0.2) is 48.7 Å². The number of nitrogens with zero attached hydrogens (tertiary/aromatic N) is 2. The van der Waals surface area contributed by atoms with Crippen molar-refractivity contribution in [3.8, 4) is 0 Å². The van der Waals surface area contributed by atoms with E-state index < -0.39 is 4.75 Å². The third-order valence-corrected chi connectivity index (χ3v) is 4.76. The summed E-state index contributed by atoms with van der Waals surface area (Å²) in [5.74, 6) is 0.815. The van der Waals surface area contributed by atoms with Crippen LogP contribution in [0.2, 0.25) is 0 Å². The zero-order valence-corrected chi connectivity index (χ0v) is 11.6. The van der Waals surface area contributed by atoms with Crippen LogP contribution in [-0.2, 0) is 9.54 Å². The fourth-order valence-corrected chi connectivity index (χ4v) is 3.03. The minimum Gasteiger partial charge on any atom is -0.272 e. The molecule has 1 aromatic heterocycles. The molecule has 0 unspecified atom stereocenters. The van der Waals surface area contributed by atoms with Crippen LogP contribution in [0.3, 0.4) is 0 Å². The second-order valence-electron chi connectivity index (χ2n) is 4.59. The summed E-state index contributed by atoms with van der Waals surface area (Å²) >= 11 is 1.55. The van der Waals surface area contributed by atoms with E-state index in [9.17, 15) is 4.79 Å². The van der Waals surface area contributed by atoms with Gasteiger partial charge in [-0.1, -0.05) is 24.3 Å². The highest BCUT2D eigenvalue weighted by molar-refractivity contribution is 8.00. The zero-order valence-electron chi connectivity index (χ0n) is 10.8. The number of anilines is 2. The maximum Gasteiger partial charge on any atom is 0.253 e. The number of hydrogen-bond donors (Lipinski definition) is 0. The molecule has 0 saturated carbocycles. The van der Waals surface area contributed by atoms with Crippen molar-refractivity contribution in [2.75, 3.05) is 11.2 Å². The quantitative estimate of drug-likeness (QED) is 0.839. The largest absolute Gasteiger partial charge is 0.272 e. The predicted octanol–water partition coefficient (Wildman–Crippen LogP) is 3.34. The minimum atomic E-state index is -0.556. The lowest BCUT2D eigenvalue weighted by molar-refractivity contribution is -0.119. The first-order chi connectivity index (χ1) is 9.18. The van der Waals surface area contributed by atoms with E-state index in [1.54, 1.807) is 22.9 Å². The first-order valence-electron chi connectivity index (χ1n) is 6.09. The lowest BCUT2D eigenvalue weighted by Crippen LogP contribution is -2.33. The number of aromatic nitrogens is 1. The fraction of sp³-hybridized carbons (Fsp3) is 0.200. The lowest BCUT2D eigenvalue weighted by Gasteiger charge is -2.21. The van der Waals surface area contributed by atoms with E-state index in [2.05, 4.69) is 4.98 Å². The first kappa shape index (κ1) is 12.2. The summed E-state index contributed by atoms with van der Waals surface area (Å²) in [5, 5.41) is 0. The summed E-state index contributed by atoms with van der Waals surface area (Å²) in [6.07, 6.45) is 3.69. The Hall–Kier alpha value is -1.81. The number of para-hydroxylation sites is 1. The van der Waals surface area contributed by atoms with Crippen LogP contribution >= 0.6 is 11.8 Å². The van der Waals surface area contributed by atoms with E-state index in [-0.39, 0.29) is 5.91 Å². The van der Waals surface area contributed by atoms with Crippen LogP contribution in [0.25, 0.3) is 0 Å². The van der Waals surface area contributed by atoms with Gasteiger partial charge in [-0.05, 0) is 31.4 Å². The molecule has 1 aromatic carbocycles. The van der Waals surface area contributed by atoms with Crippen molar-refractivity contribution in [1.29, 1.82) is 0 Å². The van der Waals surface area contributed by atoms with Crippen molar-refractivity contribution in [2.24, 2.45) is 0 Å². The molecule has 3 rings (SSSR count). The van der Waals surface area contributed by atoms with Crippen LogP contribution < -0.4 is 4.90 Å². The van der Waals surface area contributed by atoms with E-state index in [1.807, 2.05) is 55.6 Å². The SMILES string of the molecule is CS[C@@]1(C)C(=O)N(c2ccccc2)c2ncccc21. The summed E-state index contributed by atoms with van der Waals surface area (Å²) in [6.45, 7) is 1.96. The topological polar surface area (TPSA) is 33.2 Å². The van der Waals surface area contributed by atoms with Gasteiger partial charge in [0.05, 0.1) is 5.69 Å². The molecule has 0 fully saturated rings. The van der Waals surface area contributed by atoms with Crippen molar-refractivity contribution in [3.05, 3.63) is 54.2 Å². The van der Waals surface area contributed by atoms with E-state index in [1.165, 1.54) is 0 Å². The summed E-state index contributed by atoms with van der Waals surface area (Å²) in [4.78, 5) is 18.9. The van der Waals surface area contributed by atoms with Gasteiger partial charge < -0.3 is 0 Å². The summed E-state index contributed by atoms with van der Waals surface area (Å²) in [6, 6.07) is 13.5. The Morgan fingerprint density at radius 1 is 1.16 bits per heavy atom. The van der Waals surface area contributed by atoms with Crippen LogP contribution in [-0.4, -0.2) is 17.1 Å². The average Bonchev–Trinajstić information content (AvgIpc) is 2.70. The number of pyridine rings is 1. The highest BCUT2D eigenvalue weighted by Gasteiger charge is 2.48. The van der Waals surface area contributed by atoms with E-state index in [0.29, 0.717) is 0 Å². The maximum atomic E-state index is 12.8. The number of amides is 1. The molecular weight excluding hydrogens is 256 g/mol. The molecule has 2 heterocycles. The van der Waals surface area contributed by atoms with Crippen molar-refractivity contribution in [1.82, 2.24) is 4.98 Å². The molecule has 0 bridgehead atoms.